The summed E-state index contributed by atoms with van der Waals surface area (Å²) in [7, 11) is 0. The smallest absolute Gasteiger partial charge is 0.434 e. The second-order valence-electron chi connectivity index (χ2n) is 6.81. The van der Waals surface area contributed by atoms with E-state index in [0.717, 1.165) is 17.0 Å². The van der Waals surface area contributed by atoms with Crippen molar-refractivity contribution in [2.24, 2.45) is 5.41 Å². The first kappa shape index (κ1) is 16.8. The Kier molecular flexibility index (Phi) is 5.83. The fourth-order valence-corrected chi connectivity index (χ4v) is 3.37. The van der Waals surface area contributed by atoms with Crippen LogP contribution in [-0.2, 0) is 11.3 Å². The highest BCUT2D eigenvalue weighted by Crippen LogP contribution is 2.40. The Morgan fingerprint density at radius 2 is 1.91 bits per heavy atom. The van der Waals surface area contributed by atoms with Crippen molar-refractivity contribution in [2.75, 3.05) is 0 Å². The van der Waals surface area contributed by atoms with Crippen molar-refractivity contribution in [1.82, 2.24) is 5.06 Å². The maximum Gasteiger partial charge on any atom is 0.434 e. The van der Waals surface area contributed by atoms with E-state index in [1.54, 1.807) is 0 Å². The van der Waals surface area contributed by atoms with Gasteiger partial charge >= 0.3 is 6.09 Å². The molecule has 0 saturated heterocycles. The molecule has 1 saturated carbocycles. The Balaban J connectivity index is 1.81. The van der Waals surface area contributed by atoms with Gasteiger partial charge in [0.2, 0.25) is 0 Å². The third-order valence-corrected chi connectivity index (χ3v) is 4.66. The van der Waals surface area contributed by atoms with E-state index in [1.165, 1.54) is 32.1 Å². The third kappa shape index (κ3) is 4.73. The standard InChI is InChI=1S/C18H27NO3/c1-15(13-18(2)11-7-4-8-12-18)19(21)17(20)22-14-16-9-5-3-6-10-16/h3,5-6,9-10,15,21H,4,7-8,11-14H2,1-2H3. The molecule has 4 heteroatoms. The molecule has 0 spiro atoms. The minimum absolute atomic E-state index is 0.181. The zero-order valence-corrected chi connectivity index (χ0v) is 13.6. The topological polar surface area (TPSA) is 49.8 Å². The van der Waals surface area contributed by atoms with Crippen LogP contribution in [0.15, 0.2) is 30.3 Å². The summed E-state index contributed by atoms with van der Waals surface area (Å²) in [4.78, 5) is 12.0. The van der Waals surface area contributed by atoms with Crippen LogP contribution in [0.3, 0.4) is 0 Å². The van der Waals surface area contributed by atoms with Gasteiger partial charge in [-0.15, -0.1) is 0 Å². The Labute approximate surface area is 133 Å². The van der Waals surface area contributed by atoms with E-state index in [2.05, 4.69) is 6.92 Å². The summed E-state index contributed by atoms with van der Waals surface area (Å²) in [5.41, 5.74) is 1.13. The molecular formula is C18H27NO3. The van der Waals surface area contributed by atoms with Crippen LogP contribution in [0.4, 0.5) is 4.79 Å². The second-order valence-corrected chi connectivity index (χ2v) is 6.81. The van der Waals surface area contributed by atoms with Crippen molar-refractivity contribution in [3.63, 3.8) is 0 Å². The molecule has 1 aromatic rings. The number of hydrogen-bond acceptors (Lipinski definition) is 3. The van der Waals surface area contributed by atoms with Crippen molar-refractivity contribution in [3.05, 3.63) is 35.9 Å². The molecule has 1 aliphatic carbocycles. The van der Waals surface area contributed by atoms with Gasteiger partial charge in [0.05, 0.1) is 6.04 Å². The Hall–Kier alpha value is -1.55. The van der Waals surface area contributed by atoms with E-state index in [1.807, 2.05) is 37.3 Å². The first-order valence-electron chi connectivity index (χ1n) is 8.19. The first-order valence-corrected chi connectivity index (χ1v) is 8.19. The van der Waals surface area contributed by atoms with Crippen LogP contribution in [0.1, 0.15) is 57.9 Å². The Morgan fingerprint density at radius 1 is 1.27 bits per heavy atom. The number of hydroxylamine groups is 2. The second kappa shape index (κ2) is 7.63. The quantitative estimate of drug-likeness (QED) is 0.630. The number of carbonyl (C=O) groups is 1. The van der Waals surface area contributed by atoms with Gasteiger partial charge in [-0.1, -0.05) is 56.5 Å². The van der Waals surface area contributed by atoms with Crippen LogP contribution in [0.25, 0.3) is 0 Å². The van der Waals surface area contributed by atoms with Gasteiger partial charge in [0, 0.05) is 0 Å². The molecule has 4 nitrogen and oxygen atoms in total. The lowest BCUT2D eigenvalue weighted by atomic mass is 9.72. The number of carbonyl (C=O) groups excluding carboxylic acids is 1. The molecule has 1 aliphatic rings. The molecule has 0 aliphatic heterocycles. The maximum atomic E-state index is 12.0. The van der Waals surface area contributed by atoms with Crippen molar-refractivity contribution >= 4 is 6.09 Å². The summed E-state index contributed by atoms with van der Waals surface area (Å²) in [6, 6.07) is 9.25. The number of amides is 1. The van der Waals surface area contributed by atoms with Gasteiger partial charge in [-0.3, -0.25) is 5.21 Å². The van der Waals surface area contributed by atoms with Crippen LogP contribution < -0.4 is 0 Å². The molecule has 1 atom stereocenters. The molecule has 0 aromatic heterocycles. The summed E-state index contributed by atoms with van der Waals surface area (Å²) in [5.74, 6) is 0. The molecule has 0 radical (unpaired) electrons. The van der Waals surface area contributed by atoms with E-state index >= 15 is 0 Å². The fraction of sp³-hybridized carbons (Fsp3) is 0.611. The lowest BCUT2D eigenvalue weighted by molar-refractivity contribution is -0.111. The molecule has 1 unspecified atom stereocenters. The highest BCUT2D eigenvalue weighted by molar-refractivity contribution is 5.66. The average molecular weight is 305 g/mol. The number of nitrogens with zero attached hydrogens (tertiary/aromatic N) is 1. The summed E-state index contributed by atoms with van der Waals surface area (Å²) in [6.45, 7) is 4.32. The Morgan fingerprint density at radius 3 is 2.55 bits per heavy atom. The van der Waals surface area contributed by atoms with Gasteiger partial charge in [-0.05, 0) is 37.2 Å². The predicted octanol–water partition coefficient (Wildman–Crippen LogP) is 4.76. The monoisotopic (exact) mass is 305 g/mol. The van der Waals surface area contributed by atoms with Crippen molar-refractivity contribution in [2.45, 2.75) is 65.0 Å². The van der Waals surface area contributed by atoms with E-state index in [9.17, 15) is 10.0 Å². The summed E-state index contributed by atoms with van der Waals surface area (Å²) >= 11 is 0. The number of rotatable bonds is 5. The van der Waals surface area contributed by atoms with Crippen LogP contribution >= 0.6 is 0 Å². The highest BCUT2D eigenvalue weighted by Gasteiger charge is 2.32. The molecule has 1 amide bonds. The normalized spacial score (nSPS) is 18.5. The van der Waals surface area contributed by atoms with E-state index in [4.69, 9.17) is 4.74 Å². The number of benzene rings is 1. The van der Waals surface area contributed by atoms with Gasteiger partial charge in [-0.25, -0.2) is 4.79 Å². The van der Waals surface area contributed by atoms with Gasteiger partial charge in [0.1, 0.15) is 6.61 Å². The molecular weight excluding hydrogens is 278 g/mol. The van der Waals surface area contributed by atoms with Crippen LogP contribution in [0.2, 0.25) is 0 Å². The van der Waals surface area contributed by atoms with Crippen molar-refractivity contribution in [3.8, 4) is 0 Å². The number of hydrogen-bond donors (Lipinski definition) is 1. The zero-order valence-electron chi connectivity index (χ0n) is 13.6. The van der Waals surface area contributed by atoms with Gasteiger partial charge in [0.15, 0.2) is 0 Å². The minimum atomic E-state index is -0.671. The summed E-state index contributed by atoms with van der Waals surface area (Å²) in [5, 5.41) is 10.8. The molecule has 1 N–H and O–H groups in total. The van der Waals surface area contributed by atoms with Gasteiger partial charge < -0.3 is 4.74 Å². The molecule has 22 heavy (non-hydrogen) atoms. The van der Waals surface area contributed by atoms with Crippen molar-refractivity contribution in [1.29, 1.82) is 0 Å². The molecule has 1 fully saturated rings. The van der Waals surface area contributed by atoms with Gasteiger partial charge in [-0.2, -0.15) is 5.06 Å². The largest absolute Gasteiger partial charge is 0.443 e. The lowest BCUT2D eigenvalue weighted by Crippen LogP contribution is -2.39. The van der Waals surface area contributed by atoms with E-state index in [-0.39, 0.29) is 18.1 Å². The molecule has 0 bridgehead atoms. The third-order valence-electron chi connectivity index (χ3n) is 4.66. The maximum absolute atomic E-state index is 12.0. The summed E-state index contributed by atoms with van der Waals surface area (Å²) < 4.78 is 5.17. The molecule has 2 rings (SSSR count). The molecule has 122 valence electrons. The zero-order chi connectivity index (χ0) is 16.0. The van der Waals surface area contributed by atoms with Crippen molar-refractivity contribution < 1.29 is 14.7 Å². The highest BCUT2D eigenvalue weighted by atomic mass is 16.6. The van der Waals surface area contributed by atoms with E-state index < -0.39 is 6.09 Å². The minimum Gasteiger partial charge on any atom is -0.443 e. The average Bonchev–Trinajstić information content (AvgIpc) is 2.53. The Bertz CT molecular complexity index is 468. The van der Waals surface area contributed by atoms with Crippen LogP contribution in [0.5, 0.6) is 0 Å². The lowest BCUT2D eigenvalue weighted by Gasteiger charge is -2.37. The molecule has 1 aromatic carbocycles. The van der Waals surface area contributed by atoms with Crippen LogP contribution in [-0.4, -0.2) is 22.4 Å². The fourth-order valence-electron chi connectivity index (χ4n) is 3.37. The van der Waals surface area contributed by atoms with E-state index in [0.29, 0.717) is 0 Å². The predicted molar refractivity (Wildman–Crippen MR) is 85.5 cm³/mol. The molecule has 0 heterocycles. The number of ether oxygens (including phenoxy) is 1. The van der Waals surface area contributed by atoms with Crippen LogP contribution in [0, 0.1) is 5.41 Å². The van der Waals surface area contributed by atoms with Gasteiger partial charge in [0.25, 0.3) is 0 Å². The summed E-state index contributed by atoms with van der Waals surface area (Å²) in [6.07, 6.45) is 6.26. The SMILES string of the molecule is CC(CC1(C)CCCCC1)N(O)C(=O)OCc1ccccc1. The first-order chi connectivity index (χ1) is 10.5.